The van der Waals surface area contributed by atoms with Crippen molar-refractivity contribution in [2.75, 3.05) is 43.8 Å². The van der Waals surface area contributed by atoms with Gasteiger partial charge in [-0.3, -0.25) is 0 Å². The van der Waals surface area contributed by atoms with Gasteiger partial charge in [0.15, 0.2) is 17.4 Å². The van der Waals surface area contributed by atoms with Gasteiger partial charge in [-0.25, -0.2) is 23.0 Å². The Labute approximate surface area is 225 Å². The zero-order chi connectivity index (χ0) is 27.9. The number of imide groups is 1. The number of benzene rings is 2. The summed E-state index contributed by atoms with van der Waals surface area (Å²) in [7, 11) is -1.85. The van der Waals surface area contributed by atoms with Crippen LogP contribution in [0.25, 0.3) is 10.9 Å². The highest BCUT2D eigenvalue weighted by Gasteiger charge is 2.61. The van der Waals surface area contributed by atoms with Crippen LogP contribution in [-0.4, -0.2) is 78.5 Å². The number of nitrogens with zero attached hydrogens (tertiary/aromatic N) is 4. The Balaban J connectivity index is 1.43. The largest absolute Gasteiger partial charge is 0.744 e. The molecule has 2 aliphatic heterocycles. The lowest BCUT2D eigenvalue weighted by molar-refractivity contribution is -0.790. The number of rotatable bonds is 7. The first-order chi connectivity index (χ1) is 18.6. The van der Waals surface area contributed by atoms with Crippen LogP contribution >= 0.6 is 0 Å². The summed E-state index contributed by atoms with van der Waals surface area (Å²) in [5.74, 6) is -1.39. The highest BCUT2D eigenvalue weighted by Crippen LogP contribution is 2.41. The summed E-state index contributed by atoms with van der Waals surface area (Å²) >= 11 is 0. The highest BCUT2D eigenvalue weighted by atomic mass is 32.2. The number of quaternary nitrogens is 1. The minimum absolute atomic E-state index is 0.145. The van der Waals surface area contributed by atoms with E-state index in [2.05, 4.69) is 9.97 Å². The molecule has 13 heteroatoms. The average molecular weight is 556 g/mol. The maximum absolute atomic E-state index is 13.7. The number of ether oxygens (including phenoxy) is 2. The van der Waals surface area contributed by atoms with Crippen LogP contribution < -0.4 is 20.1 Å². The number of amides is 2. The summed E-state index contributed by atoms with van der Waals surface area (Å²) in [6, 6.07) is 11.5. The number of carbonyl (C=O) groups is 2. The number of hydrogen-bond acceptors (Lipinski definition) is 11. The molecule has 2 amide bonds. The van der Waals surface area contributed by atoms with Crippen molar-refractivity contribution in [1.82, 2.24) is 9.97 Å². The second kappa shape index (κ2) is 10.1. The van der Waals surface area contributed by atoms with Gasteiger partial charge in [0, 0.05) is 37.4 Å². The van der Waals surface area contributed by atoms with Crippen molar-refractivity contribution in [2.45, 2.75) is 31.2 Å². The molecule has 2 N–H and O–H groups in total. The first kappa shape index (κ1) is 26.8. The molecule has 0 spiro atoms. The molecular weight excluding hydrogens is 526 g/mol. The zero-order valence-electron chi connectivity index (χ0n) is 21.6. The Kier molecular flexibility index (Phi) is 6.91. The van der Waals surface area contributed by atoms with E-state index in [1.807, 2.05) is 4.90 Å². The van der Waals surface area contributed by atoms with E-state index in [1.165, 1.54) is 14.2 Å². The molecule has 3 aromatic rings. The molecule has 0 bridgehead atoms. The van der Waals surface area contributed by atoms with Crippen LogP contribution in [-0.2, 0) is 19.7 Å². The van der Waals surface area contributed by atoms with Crippen LogP contribution in [0.3, 0.4) is 0 Å². The molecule has 2 aliphatic rings. The maximum atomic E-state index is 13.7. The Morgan fingerprint density at radius 3 is 2.31 bits per heavy atom. The fourth-order valence-corrected chi connectivity index (χ4v) is 6.74. The fraction of sp³-hybridized carbons (Fsp3) is 0.385. The van der Waals surface area contributed by atoms with Crippen molar-refractivity contribution in [2.24, 2.45) is 0 Å². The van der Waals surface area contributed by atoms with Crippen molar-refractivity contribution in [1.29, 1.82) is 0 Å². The van der Waals surface area contributed by atoms with Crippen LogP contribution in [0, 0.1) is 0 Å². The van der Waals surface area contributed by atoms with Crippen LogP contribution in [0.15, 0.2) is 42.5 Å². The summed E-state index contributed by atoms with van der Waals surface area (Å²) in [6.45, 7) is 0.663. The monoisotopic (exact) mass is 555 g/mol. The standard InChI is InChI=1S/C26H29N5O7S/c1-37-21-12-19-20(14-22(21)38-2)28-26(29-24(19)27)30-10-8-17(9-11-30)31(15-39(34,35)36)23(32)13-18(25(31)33)16-6-4-3-5-7-16/h3-7,12,14,17-18H,8-11,13,15H2,1-2H3,(H2-,27,28,29,34,35,36). The van der Waals surface area contributed by atoms with Gasteiger partial charge in [-0.15, -0.1) is 0 Å². The molecular formula is C26H29N5O7S. The number of hydrogen-bond donors (Lipinski definition) is 1. The number of anilines is 2. The fourth-order valence-electron chi connectivity index (χ4n) is 5.76. The van der Waals surface area contributed by atoms with E-state index >= 15 is 0 Å². The van der Waals surface area contributed by atoms with E-state index in [1.54, 1.807) is 42.5 Å². The lowest BCUT2D eigenvalue weighted by Gasteiger charge is -2.41. The topological polar surface area (TPSA) is 165 Å². The van der Waals surface area contributed by atoms with Gasteiger partial charge in [0.25, 0.3) is 0 Å². The molecule has 2 aromatic carbocycles. The van der Waals surface area contributed by atoms with Crippen LogP contribution in [0.1, 0.15) is 30.7 Å². The third kappa shape index (κ3) is 4.77. The Morgan fingerprint density at radius 1 is 1.05 bits per heavy atom. The van der Waals surface area contributed by atoms with Crippen molar-refractivity contribution in [3.63, 3.8) is 0 Å². The van der Waals surface area contributed by atoms with Gasteiger partial charge in [-0.05, 0) is 11.6 Å². The molecule has 0 saturated carbocycles. The SMILES string of the molecule is COc1cc2nc(N3CCC([N+]4(CS(=O)(=O)[O-])C(=O)CC(c5ccccc5)C4=O)CC3)nc(N)c2cc1OC. The third-order valence-electron chi connectivity index (χ3n) is 7.67. The number of nitrogen functional groups attached to an aromatic ring is 1. The predicted octanol–water partition coefficient (Wildman–Crippen LogP) is 1.76. The van der Waals surface area contributed by atoms with Gasteiger partial charge in [-0.1, -0.05) is 30.3 Å². The van der Waals surface area contributed by atoms with Crippen molar-refractivity contribution >= 4 is 44.6 Å². The first-order valence-electron chi connectivity index (χ1n) is 12.5. The maximum Gasteiger partial charge on any atom is 0.330 e. The van der Waals surface area contributed by atoms with Gasteiger partial charge in [0.05, 0.1) is 26.2 Å². The molecule has 39 heavy (non-hydrogen) atoms. The lowest BCUT2D eigenvalue weighted by Crippen LogP contribution is -2.64. The van der Waals surface area contributed by atoms with Crippen molar-refractivity contribution in [3.8, 4) is 11.5 Å². The van der Waals surface area contributed by atoms with E-state index in [-0.39, 0.29) is 25.1 Å². The molecule has 5 rings (SSSR count). The molecule has 3 heterocycles. The summed E-state index contributed by atoms with van der Waals surface area (Å²) in [5.41, 5.74) is 7.41. The van der Waals surface area contributed by atoms with Crippen LogP contribution in [0.2, 0.25) is 0 Å². The predicted molar refractivity (Wildman–Crippen MR) is 141 cm³/mol. The average Bonchev–Trinajstić information content (AvgIpc) is 3.17. The number of piperidine rings is 1. The Morgan fingerprint density at radius 2 is 1.69 bits per heavy atom. The summed E-state index contributed by atoms with van der Waals surface area (Å²) in [4.78, 5) is 38.1. The number of fused-ring (bicyclic) bond motifs is 1. The molecule has 0 radical (unpaired) electrons. The quantitative estimate of drug-likeness (QED) is 0.256. The van der Waals surface area contributed by atoms with Crippen molar-refractivity contribution in [3.05, 3.63) is 48.0 Å². The van der Waals surface area contributed by atoms with Gasteiger partial charge in [0.2, 0.25) is 5.95 Å². The summed E-state index contributed by atoms with van der Waals surface area (Å²) in [6.07, 6.45) is 0.414. The summed E-state index contributed by atoms with van der Waals surface area (Å²) < 4.78 is 45.7. The Bertz CT molecular complexity index is 1540. The molecule has 0 aliphatic carbocycles. The molecule has 2 unspecified atom stereocenters. The van der Waals surface area contributed by atoms with Crippen molar-refractivity contribution < 1.29 is 36.5 Å². The normalized spacial score (nSPS) is 22.4. The summed E-state index contributed by atoms with van der Waals surface area (Å²) in [5, 5.41) is 0.594. The highest BCUT2D eigenvalue weighted by molar-refractivity contribution is 7.85. The second-order valence-electron chi connectivity index (χ2n) is 9.81. The Hall–Kier alpha value is -3.81. The van der Waals surface area contributed by atoms with Gasteiger partial charge in [0.1, 0.15) is 27.9 Å². The molecule has 1 aromatic heterocycles. The van der Waals surface area contributed by atoms with Gasteiger partial charge < -0.3 is 24.7 Å². The molecule has 2 saturated heterocycles. The van der Waals surface area contributed by atoms with Gasteiger partial charge >= 0.3 is 11.8 Å². The van der Waals surface area contributed by atoms with E-state index in [9.17, 15) is 22.6 Å². The number of methoxy groups -OCH3 is 2. The van der Waals surface area contributed by atoms with Crippen LogP contribution in [0.4, 0.5) is 11.8 Å². The number of aromatic nitrogens is 2. The van der Waals surface area contributed by atoms with E-state index in [0.717, 1.165) is 0 Å². The minimum Gasteiger partial charge on any atom is -0.744 e. The molecule has 12 nitrogen and oxygen atoms in total. The molecule has 2 atom stereocenters. The van der Waals surface area contributed by atoms with Gasteiger partial charge in [-0.2, -0.15) is 9.47 Å². The number of nitrogens with two attached hydrogens (primary N) is 1. The molecule has 2 fully saturated rings. The third-order valence-corrected chi connectivity index (χ3v) is 8.39. The lowest BCUT2D eigenvalue weighted by atomic mass is 9.97. The zero-order valence-corrected chi connectivity index (χ0v) is 22.4. The van der Waals surface area contributed by atoms with E-state index < -0.39 is 44.3 Å². The number of carbonyl (C=O) groups excluding carboxylic acids is 2. The smallest absolute Gasteiger partial charge is 0.330 e. The van der Waals surface area contributed by atoms with Crippen LogP contribution in [0.5, 0.6) is 11.5 Å². The van der Waals surface area contributed by atoms with E-state index in [0.29, 0.717) is 47.0 Å². The molecule has 206 valence electrons. The second-order valence-corrected chi connectivity index (χ2v) is 11.2. The van der Waals surface area contributed by atoms with E-state index in [4.69, 9.17) is 15.2 Å². The minimum atomic E-state index is -4.89. The first-order valence-corrected chi connectivity index (χ1v) is 14.0. The number of likely N-dealkylation sites (tertiary alicyclic amines) is 1.